The highest BCUT2D eigenvalue weighted by Crippen LogP contribution is 2.61. The van der Waals surface area contributed by atoms with Crippen LogP contribution in [0.4, 0.5) is 5.69 Å². The number of piperazine rings is 1. The van der Waals surface area contributed by atoms with Crippen LogP contribution in [0.5, 0.6) is 0 Å². The molecule has 4 aliphatic carbocycles. The van der Waals surface area contributed by atoms with Crippen molar-refractivity contribution in [3.05, 3.63) is 40.8 Å². The highest BCUT2D eigenvalue weighted by molar-refractivity contribution is 6.02. The average Bonchev–Trinajstić information content (AvgIpc) is 2.78. The fraction of sp³-hybridized carbons (Fsp3) is 0.630. The molecule has 6 nitrogen and oxygen atoms in total. The van der Waals surface area contributed by atoms with Crippen LogP contribution in [0.15, 0.2) is 35.3 Å². The Morgan fingerprint density at radius 3 is 2.36 bits per heavy atom. The van der Waals surface area contributed by atoms with Gasteiger partial charge in [-0.2, -0.15) is 0 Å². The summed E-state index contributed by atoms with van der Waals surface area (Å²) in [6, 6.07) is 7.71. The van der Waals surface area contributed by atoms with Gasteiger partial charge in [-0.15, -0.1) is 0 Å². The van der Waals surface area contributed by atoms with Crippen LogP contribution < -0.4 is 16.2 Å². The second-order valence-electron chi connectivity index (χ2n) is 11.3. The predicted octanol–water partition coefficient (Wildman–Crippen LogP) is 3.45. The lowest BCUT2D eigenvalue weighted by molar-refractivity contribution is -0.124. The number of aromatic nitrogens is 1. The molecule has 2 N–H and O–H groups in total. The molecule has 1 amide bonds. The zero-order chi connectivity index (χ0) is 22.4. The molecule has 7 rings (SSSR count). The van der Waals surface area contributed by atoms with E-state index in [9.17, 15) is 9.59 Å². The molecular weight excluding hydrogens is 412 g/mol. The lowest BCUT2D eigenvalue weighted by atomic mass is 9.49. The molecule has 0 atom stereocenters. The molecule has 0 unspecified atom stereocenters. The van der Waals surface area contributed by atoms with Crippen LogP contribution in [-0.2, 0) is 11.3 Å². The smallest absolute Gasteiger partial charge is 0.258 e. The van der Waals surface area contributed by atoms with E-state index in [1.54, 1.807) is 0 Å². The summed E-state index contributed by atoms with van der Waals surface area (Å²) < 4.78 is 1.81. The third kappa shape index (κ3) is 4.24. The maximum absolute atomic E-state index is 13.2. The van der Waals surface area contributed by atoms with Crippen molar-refractivity contribution in [2.45, 2.75) is 51.5 Å². The maximum atomic E-state index is 13.2. The van der Waals surface area contributed by atoms with Gasteiger partial charge in [-0.3, -0.25) is 14.5 Å². The number of fused-ring (bicyclic) bond motifs is 1. The van der Waals surface area contributed by atoms with E-state index >= 15 is 0 Å². The summed E-state index contributed by atoms with van der Waals surface area (Å²) in [5.41, 5.74) is 1.02. The molecule has 33 heavy (non-hydrogen) atoms. The highest BCUT2D eigenvalue weighted by Gasteiger charge is 2.51. The summed E-state index contributed by atoms with van der Waals surface area (Å²) in [7, 11) is 0. The number of carbonyl (C=O) groups excluding carboxylic acids is 1. The zero-order valence-corrected chi connectivity index (χ0v) is 19.5. The Hall–Kier alpha value is -2.18. The Bertz CT molecular complexity index is 1070. The normalized spacial score (nSPS) is 31.2. The average molecular weight is 449 g/mol. The predicted molar refractivity (Wildman–Crippen MR) is 131 cm³/mol. The van der Waals surface area contributed by atoms with Crippen LogP contribution in [-0.4, -0.2) is 48.1 Å². The third-order valence-electron chi connectivity index (χ3n) is 8.86. The van der Waals surface area contributed by atoms with E-state index in [0.29, 0.717) is 18.4 Å². The van der Waals surface area contributed by atoms with Gasteiger partial charge in [-0.05, 0) is 79.9 Å². The fourth-order valence-corrected chi connectivity index (χ4v) is 7.83. The third-order valence-corrected chi connectivity index (χ3v) is 8.86. The first-order chi connectivity index (χ1) is 16.1. The van der Waals surface area contributed by atoms with Gasteiger partial charge in [0.25, 0.3) is 5.56 Å². The number of pyridine rings is 1. The van der Waals surface area contributed by atoms with Crippen molar-refractivity contribution in [2.75, 3.05) is 38.0 Å². The first kappa shape index (κ1) is 21.4. The van der Waals surface area contributed by atoms with Crippen LogP contribution in [0.1, 0.15) is 44.9 Å². The van der Waals surface area contributed by atoms with E-state index in [1.807, 2.05) is 35.0 Å². The first-order valence-corrected chi connectivity index (χ1v) is 12.9. The number of rotatable bonds is 6. The van der Waals surface area contributed by atoms with Gasteiger partial charge in [0, 0.05) is 68.3 Å². The second-order valence-corrected chi connectivity index (χ2v) is 11.3. The Morgan fingerprint density at radius 1 is 0.970 bits per heavy atom. The first-order valence-electron chi connectivity index (χ1n) is 12.9. The minimum atomic E-state index is 0.0276. The molecule has 5 aliphatic rings. The summed E-state index contributed by atoms with van der Waals surface area (Å²) in [4.78, 5) is 28.7. The molecule has 2 aromatic rings. The molecule has 1 aromatic heterocycles. The Labute approximate surface area is 195 Å². The number of hydrogen-bond acceptors (Lipinski definition) is 4. The van der Waals surface area contributed by atoms with Crippen molar-refractivity contribution in [1.82, 2.24) is 14.8 Å². The fourth-order valence-electron chi connectivity index (χ4n) is 7.83. The van der Waals surface area contributed by atoms with Gasteiger partial charge in [0.15, 0.2) is 0 Å². The quantitative estimate of drug-likeness (QED) is 0.710. The van der Waals surface area contributed by atoms with Gasteiger partial charge in [0.05, 0.1) is 0 Å². The number of anilines is 1. The monoisotopic (exact) mass is 448 g/mol. The summed E-state index contributed by atoms with van der Waals surface area (Å²) in [5.74, 6) is 2.66. The highest BCUT2D eigenvalue weighted by atomic mass is 16.1. The Balaban J connectivity index is 1.17. The molecule has 4 bridgehead atoms. The standard InChI is InChI=1S/C27H36N4O2/c32-25(18-27-15-19-12-20(16-27)14-21(13-19)17-27)29-24-3-1-2-23-22(24)4-7-31(26(23)33)11-10-30-8-5-28-6-9-30/h1-4,7,19-21,28H,5-6,8-18H2,(H,29,32). The Kier molecular flexibility index (Phi) is 5.53. The molecule has 4 saturated carbocycles. The largest absolute Gasteiger partial charge is 0.325 e. The molecule has 2 heterocycles. The van der Waals surface area contributed by atoms with E-state index in [-0.39, 0.29) is 16.9 Å². The lowest BCUT2D eigenvalue weighted by Crippen LogP contribution is -2.47. The zero-order valence-electron chi connectivity index (χ0n) is 19.5. The molecular formula is C27H36N4O2. The van der Waals surface area contributed by atoms with E-state index in [2.05, 4.69) is 15.5 Å². The molecule has 176 valence electrons. The van der Waals surface area contributed by atoms with Crippen LogP contribution in [0.25, 0.3) is 10.8 Å². The molecule has 1 saturated heterocycles. The number of benzene rings is 1. The van der Waals surface area contributed by atoms with E-state index in [1.165, 1.54) is 38.5 Å². The van der Waals surface area contributed by atoms with E-state index in [0.717, 1.165) is 61.6 Å². The van der Waals surface area contributed by atoms with Gasteiger partial charge >= 0.3 is 0 Å². The molecule has 0 radical (unpaired) electrons. The lowest BCUT2D eigenvalue weighted by Gasteiger charge is -2.56. The number of nitrogens with zero attached hydrogens (tertiary/aromatic N) is 2. The summed E-state index contributed by atoms with van der Waals surface area (Å²) >= 11 is 0. The van der Waals surface area contributed by atoms with Crippen LogP contribution in [0.2, 0.25) is 0 Å². The van der Waals surface area contributed by atoms with Crippen molar-refractivity contribution in [3.8, 4) is 0 Å². The summed E-state index contributed by atoms with van der Waals surface area (Å²) in [6.45, 7) is 5.66. The van der Waals surface area contributed by atoms with Crippen molar-refractivity contribution in [3.63, 3.8) is 0 Å². The van der Waals surface area contributed by atoms with E-state index < -0.39 is 0 Å². The van der Waals surface area contributed by atoms with Crippen molar-refractivity contribution >= 4 is 22.4 Å². The minimum Gasteiger partial charge on any atom is -0.325 e. The van der Waals surface area contributed by atoms with Gasteiger partial charge in [-0.25, -0.2) is 0 Å². The van der Waals surface area contributed by atoms with Gasteiger partial charge < -0.3 is 15.2 Å². The molecule has 5 fully saturated rings. The maximum Gasteiger partial charge on any atom is 0.258 e. The molecule has 1 aliphatic heterocycles. The molecule has 0 spiro atoms. The summed E-state index contributed by atoms with van der Waals surface area (Å²) in [6.07, 6.45) is 10.4. The minimum absolute atomic E-state index is 0.0276. The van der Waals surface area contributed by atoms with Gasteiger partial charge in [0.2, 0.25) is 5.91 Å². The van der Waals surface area contributed by atoms with Crippen molar-refractivity contribution in [2.24, 2.45) is 23.2 Å². The molecule has 6 heteroatoms. The molecule has 1 aromatic carbocycles. The van der Waals surface area contributed by atoms with Crippen LogP contribution >= 0.6 is 0 Å². The van der Waals surface area contributed by atoms with Gasteiger partial charge in [0.1, 0.15) is 0 Å². The number of hydrogen-bond donors (Lipinski definition) is 2. The number of carbonyl (C=O) groups is 1. The number of amides is 1. The van der Waals surface area contributed by atoms with Gasteiger partial charge in [-0.1, -0.05) is 6.07 Å². The van der Waals surface area contributed by atoms with E-state index in [4.69, 9.17) is 0 Å². The van der Waals surface area contributed by atoms with Crippen molar-refractivity contribution in [1.29, 1.82) is 0 Å². The van der Waals surface area contributed by atoms with Crippen LogP contribution in [0, 0.1) is 23.2 Å². The van der Waals surface area contributed by atoms with Crippen molar-refractivity contribution < 1.29 is 4.79 Å². The Morgan fingerprint density at radius 2 is 1.67 bits per heavy atom. The summed E-state index contributed by atoms with van der Waals surface area (Å²) in [5, 5.41) is 8.09. The number of nitrogens with one attached hydrogen (secondary N) is 2. The second kappa shape index (κ2) is 8.55. The van der Waals surface area contributed by atoms with Crippen LogP contribution in [0.3, 0.4) is 0 Å². The SMILES string of the molecule is O=C(CC12CC3CC(CC(C3)C1)C2)Nc1cccc2c(=O)n(CCN3CCNCC3)ccc12. The topological polar surface area (TPSA) is 66.4 Å².